The van der Waals surface area contributed by atoms with Crippen molar-refractivity contribution in [3.8, 4) is 0 Å². The molecule has 0 aliphatic rings. The Morgan fingerprint density at radius 3 is 2.08 bits per heavy atom. The summed E-state index contributed by atoms with van der Waals surface area (Å²) in [6.45, 7) is 9.49. The molecule has 0 aliphatic carbocycles. The standard InChI is InChI=1S/C10H20O2/c1-6-7-12-9(8(2)3)10(4,5)11/h6-9,11H,1-5H3/b7-6+/t9-/m0/s1. The Kier molecular flexibility index (Phi) is 4.32. The van der Waals surface area contributed by atoms with E-state index >= 15 is 0 Å². The van der Waals surface area contributed by atoms with Crippen molar-refractivity contribution in [1.82, 2.24) is 0 Å². The molecule has 72 valence electrons. The van der Waals surface area contributed by atoms with Crippen LogP contribution in [0, 0.1) is 5.92 Å². The van der Waals surface area contributed by atoms with Crippen LogP contribution < -0.4 is 0 Å². The summed E-state index contributed by atoms with van der Waals surface area (Å²) >= 11 is 0. The molecule has 2 heteroatoms. The molecule has 1 atom stereocenters. The van der Waals surface area contributed by atoms with Gasteiger partial charge < -0.3 is 9.84 Å². The monoisotopic (exact) mass is 172 g/mol. The van der Waals surface area contributed by atoms with Crippen molar-refractivity contribution >= 4 is 0 Å². The van der Waals surface area contributed by atoms with E-state index < -0.39 is 5.60 Å². The highest BCUT2D eigenvalue weighted by Gasteiger charge is 2.30. The number of rotatable bonds is 4. The third-order valence-electron chi connectivity index (χ3n) is 1.66. The molecule has 0 bridgehead atoms. The van der Waals surface area contributed by atoms with Crippen LogP contribution in [-0.2, 0) is 4.74 Å². The van der Waals surface area contributed by atoms with Gasteiger partial charge in [-0.25, -0.2) is 0 Å². The van der Waals surface area contributed by atoms with Crippen LogP contribution in [0.5, 0.6) is 0 Å². The maximum absolute atomic E-state index is 9.72. The summed E-state index contributed by atoms with van der Waals surface area (Å²) in [5.41, 5.74) is -0.784. The molecule has 2 nitrogen and oxygen atoms in total. The lowest BCUT2D eigenvalue weighted by atomic mass is 9.92. The Bertz CT molecular complexity index is 142. The zero-order valence-electron chi connectivity index (χ0n) is 8.66. The Labute approximate surface area is 75.2 Å². The maximum Gasteiger partial charge on any atom is 0.128 e. The minimum absolute atomic E-state index is 0.145. The van der Waals surface area contributed by atoms with E-state index in [9.17, 15) is 5.11 Å². The first-order chi connectivity index (χ1) is 5.39. The fourth-order valence-electron chi connectivity index (χ4n) is 1.30. The van der Waals surface area contributed by atoms with Gasteiger partial charge in [-0.2, -0.15) is 0 Å². The van der Waals surface area contributed by atoms with E-state index in [1.54, 1.807) is 20.1 Å². The topological polar surface area (TPSA) is 29.5 Å². The molecule has 0 aromatic carbocycles. The van der Waals surface area contributed by atoms with Crippen LogP contribution in [0.4, 0.5) is 0 Å². The summed E-state index contributed by atoms with van der Waals surface area (Å²) in [6.07, 6.45) is 3.30. The lowest BCUT2D eigenvalue weighted by molar-refractivity contribution is -0.0760. The molecule has 1 N–H and O–H groups in total. The van der Waals surface area contributed by atoms with Gasteiger partial charge in [-0.05, 0) is 26.7 Å². The number of ether oxygens (including phenoxy) is 1. The second-order valence-electron chi connectivity index (χ2n) is 3.92. The zero-order chi connectivity index (χ0) is 9.78. The van der Waals surface area contributed by atoms with Crippen molar-refractivity contribution in [2.45, 2.75) is 46.3 Å². The van der Waals surface area contributed by atoms with E-state index in [2.05, 4.69) is 0 Å². The van der Waals surface area contributed by atoms with Gasteiger partial charge >= 0.3 is 0 Å². The Morgan fingerprint density at radius 2 is 1.83 bits per heavy atom. The fourth-order valence-corrected chi connectivity index (χ4v) is 1.30. The second-order valence-corrected chi connectivity index (χ2v) is 3.92. The first-order valence-corrected chi connectivity index (χ1v) is 4.38. The zero-order valence-corrected chi connectivity index (χ0v) is 8.66. The van der Waals surface area contributed by atoms with Crippen molar-refractivity contribution in [2.24, 2.45) is 5.92 Å². The van der Waals surface area contributed by atoms with E-state index in [1.807, 2.05) is 26.8 Å². The highest BCUT2D eigenvalue weighted by molar-refractivity contribution is 4.83. The first kappa shape index (κ1) is 11.5. The lowest BCUT2D eigenvalue weighted by Gasteiger charge is -2.31. The van der Waals surface area contributed by atoms with Crippen molar-refractivity contribution in [3.63, 3.8) is 0 Å². The summed E-state index contributed by atoms with van der Waals surface area (Å²) in [7, 11) is 0. The van der Waals surface area contributed by atoms with Gasteiger partial charge in [0.2, 0.25) is 0 Å². The quantitative estimate of drug-likeness (QED) is 0.659. The van der Waals surface area contributed by atoms with Gasteiger partial charge in [0, 0.05) is 0 Å². The highest BCUT2D eigenvalue weighted by Crippen LogP contribution is 2.20. The van der Waals surface area contributed by atoms with Gasteiger partial charge in [0.1, 0.15) is 6.10 Å². The highest BCUT2D eigenvalue weighted by atomic mass is 16.5. The van der Waals surface area contributed by atoms with Crippen LogP contribution in [0.3, 0.4) is 0 Å². The molecule has 0 rings (SSSR count). The average Bonchev–Trinajstić information content (AvgIpc) is 1.84. The van der Waals surface area contributed by atoms with Gasteiger partial charge in [-0.3, -0.25) is 0 Å². The number of aliphatic hydroxyl groups is 1. The normalized spacial score (nSPS) is 15.6. The van der Waals surface area contributed by atoms with E-state index in [-0.39, 0.29) is 6.10 Å². The van der Waals surface area contributed by atoms with Crippen LogP contribution in [0.25, 0.3) is 0 Å². The number of allylic oxidation sites excluding steroid dienone is 1. The summed E-state index contributed by atoms with van der Waals surface area (Å²) in [4.78, 5) is 0. The van der Waals surface area contributed by atoms with Crippen LogP contribution in [0.2, 0.25) is 0 Å². The van der Waals surface area contributed by atoms with E-state index in [4.69, 9.17) is 4.74 Å². The average molecular weight is 172 g/mol. The summed E-state index contributed by atoms with van der Waals surface area (Å²) in [5, 5.41) is 9.72. The minimum Gasteiger partial charge on any atom is -0.495 e. The van der Waals surface area contributed by atoms with Crippen molar-refractivity contribution in [1.29, 1.82) is 0 Å². The van der Waals surface area contributed by atoms with Crippen LogP contribution >= 0.6 is 0 Å². The van der Waals surface area contributed by atoms with Gasteiger partial charge in [-0.1, -0.05) is 19.9 Å². The van der Waals surface area contributed by atoms with Gasteiger partial charge in [0.25, 0.3) is 0 Å². The molecule has 0 fully saturated rings. The summed E-state index contributed by atoms with van der Waals surface area (Å²) in [6, 6.07) is 0. The van der Waals surface area contributed by atoms with Gasteiger partial charge in [0.15, 0.2) is 0 Å². The molecule has 0 radical (unpaired) electrons. The lowest BCUT2D eigenvalue weighted by Crippen LogP contribution is -2.40. The predicted octanol–water partition coefficient (Wildman–Crippen LogP) is 2.33. The summed E-state index contributed by atoms with van der Waals surface area (Å²) in [5.74, 6) is 0.307. The maximum atomic E-state index is 9.72. The largest absolute Gasteiger partial charge is 0.495 e. The SMILES string of the molecule is C/C=C/O[C@@H](C(C)C)C(C)(C)O. The molecule has 0 unspecified atom stereocenters. The molecule has 0 spiro atoms. The third-order valence-corrected chi connectivity index (χ3v) is 1.66. The van der Waals surface area contributed by atoms with Crippen LogP contribution in [0.15, 0.2) is 12.3 Å². The van der Waals surface area contributed by atoms with Gasteiger partial charge in [-0.15, -0.1) is 0 Å². The van der Waals surface area contributed by atoms with Crippen LogP contribution in [0.1, 0.15) is 34.6 Å². The Balaban J connectivity index is 4.24. The van der Waals surface area contributed by atoms with Crippen molar-refractivity contribution in [2.75, 3.05) is 0 Å². The van der Waals surface area contributed by atoms with Crippen LogP contribution in [-0.4, -0.2) is 16.8 Å². The smallest absolute Gasteiger partial charge is 0.128 e. The fraction of sp³-hybridized carbons (Fsp3) is 0.800. The van der Waals surface area contributed by atoms with Crippen molar-refractivity contribution < 1.29 is 9.84 Å². The molecule has 0 heterocycles. The molecule has 0 aromatic rings. The molecular weight excluding hydrogens is 152 g/mol. The predicted molar refractivity (Wildman–Crippen MR) is 50.8 cm³/mol. The van der Waals surface area contributed by atoms with Gasteiger partial charge in [0.05, 0.1) is 11.9 Å². The first-order valence-electron chi connectivity index (χ1n) is 4.38. The Morgan fingerprint density at radius 1 is 1.33 bits per heavy atom. The molecule has 0 saturated heterocycles. The van der Waals surface area contributed by atoms with E-state index in [0.29, 0.717) is 5.92 Å². The molecule has 0 saturated carbocycles. The third kappa shape index (κ3) is 3.77. The van der Waals surface area contributed by atoms with E-state index in [1.165, 1.54) is 0 Å². The summed E-state index contributed by atoms with van der Waals surface area (Å²) < 4.78 is 5.39. The molecule has 0 aromatic heterocycles. The second kappa shape index (κ2) is 4.51. The molecular formula is C10H20O2. The van der Waals surface area contributed by atoms with E-state index in [0.717, 1.165) is 0 Å². The molecule has 12 heavy (non-hydrogen) atoms. The molecule has 0 aliphatic heterocycles. The Hall–Kier alpha value is -0.500. The minimum atomic E-state index is -0.784. The number of hydrogen-bond acceptors (Lipinski definition) is 2. The van der Waals surface area contributed by atoms with Crippen molar-refractivity contribution in [3.05, 3.63) is 12.3 Å². The molecule has 0 amide bonds. The number of hydrogen-bond donors (Lipinski definition) is 1.